The lowest BCUT2D eigenvalue weighted by Gasteiger charge is -2.18. The molecule has 24 heavy (non-hydrogen) atoms. The molecule has 3 rings (SSSR count). The zero-order chi connectivity index (χ0) is 17.1. The fourth-order valence-electron chi connectivity index (χ4n) is 2.72. The van der Waals surface area contributed by atoms with Crippen LogP contribution in [0.4, 0.5) is 0 Å². The van der Waals surface area contributed by atoms with Crippen LogP contribution >= 0.6 is 0 Å². The average molecular weight is 321 g/mol. The number of hydrogen-bond acceptors (Lipinski definition) is 3. The van der Waals surface area contributed by atoms with Gasteiger partial charge in [-0.3, -0.25) is 4.79 Å². The number of carbonyl (C=O) groups is 1. The number of amides is 1. The molecular formula is C20H19NO3. The topological polar surface area (TPSA) is 38.8 Å². The van der Waals surface area contributed by atoms with Crippen LogP contribution in [0.1, 0.15) is 11.1 Å². The SMILES string of the molecule is COc1ccc(C(=C2C=CC(=O)N2C)c2ccc(OC)cc2)cc1. The van der Waals surface area contributed by atoms with Crippen LogP contribution in [0.5, 0.6) is 11.5 Å². The molecule has 0 saturated heterocycles. The zero-order valence-corrected chi connectivity index (χ0v) is 13.9. The largest absolute Gasteiger partial charge is 0.497 e. The summed E-state index contributed by atoms with van der Waals surface area (Å²) in [5.41, 5.74) is 3.89. The Bertz CT molecular complexity index is 752. The van der Waals surface area contributed by atoms with E-state index in [4.69, 9.17) is 9.47 Å². The maximum Gasteiger partial charge on any atom is 0.250 e. The van der Waals surface area contributed by atoms with Gasteiger partial charge in [-0.1, -0.05) is 24.3 Å². The van der Waals surface area contributed by atoms with Crippen LogP contribution in [-0.2, 0) is 4.79 Å². The van der Waals surface area contributed by atoms with Crippen LogP contribution in [0.25, 0.3) is 5.57 Å². The molecule has 0 aromatic heterocycles. The summed E-state index contributed by atoms with van der Waals surface area (Å²) in [6.45, 7) is 0. The maximum absolute atomic E-state index is 11.9. The Morgan fingerprint density at radius 1 is 0.792 bits per heavy atom. The zero-order valence-electron chi connectivity index (χ0n) is 13.9. The predicted octanol–water partition coefficient (Wildman–Crippen LogP) is 3.49. The van der Waals surface area contributed by atoms with Gasteiger partial charge >= 0.3 is 0 Å². The molecular weight excluding hydrogens is 302 g/mol. The second-order valence-electron chi connectivity index (χ2n) is 5.45. The number of allylic oxidation sites excluding steroid dienone is 1. The van der Waals surface area contributed by atoms with Gasteiger partial charge in [-0.25, -0.2) is 0 Å². The summed E-state index contributed by atoms with van der Waals surface area (Å²) >= 11 is 0. The summed E-state index contributed by atoms with van der Waals surface area (Å²) in [6, 6.07) is 15.6. The van der Waals surface area contributed by atoms with Crippen LogP contribution in [0.2, 0.25) is 0 Å². The van der Waals surface area contributed by atoms with Gasteiger partial charge in [-0.15, -0.1) is 0 Å². The minimum Gasteiger partial charge on any atom is -0.497 e. The monoisotopic (exact) mass is 321 g/mol. The Morgan fingerprint density at radius 3 is 1.58 bits per heavy atom. The molecule has 0 unspecified atom stereocenters. The predicted molar refractivity (Wildman–Crippen MR) is 93.9 cm³/mol. The van der Waals surface area contributed by atoms with E-state index < -0.39 is 0 Å². The third-order valence-electron chi connectivity index (χ3n) is 4.09. The van der Waals surface area contributed by atoms with Crippen LogP contribution in [-0.4, -0.2) is 32.1 Å². The third-order valence-corrected chi connectivity index (χ3v) is 4.09. The molecule has 2 aromatic carbocycles. The summed E-state index contributed by atoms with van der Waals surface area (Å²) < 4.78 is 10.5. The molecule has 0 N–H and O–H groups in total. The first-order valence-corrected chi connectivity index (χ1v) is 7.63. The molecule has 2 aromatic rings. The number of ether oxygens (including phenoxy) is 2. The van der Waals surface area contributed by atoms with Gasteiger partial charge in [-0.2, -0.15) is 0 Å². The van der Waals surface area contributed by atoms with Crippen molar-refractivity contribution in [1.82, 2.24) is 4.90 Å². The molecule has 0 spiro atoms. The number of rotatable bonds is 4. The smallest absolute Gasteiger partial charge is 0.250 e. The molecule has 0 saturated carbocycles. The Morgan fingerprint density at radius 2 is 1.25 bits per heavy atom. The van der Waals surface area contributed by atoms with Gasteiger partial charge in [0.15, 0.2) is 0 Å². The number of benzene rings is 2. The normalized spacial score (nSPS) is 13.4. The van der Waals surface area contributed by atoms with E-state index in [0.29, 0.717) is 0 Å². The Labute approximate surface area is 141 Å². The first-order valence-electron chi connectivity index (χ1n) is 7.63. The van der Waals surface area contributed by atoms with Crippen molar-refractivity contribution < 1.29 is 14.3 Å². The van der Waals surface area contributed by atoms with E-state index in [2.05, 4.69) is 0 Å². The second kappa shape index (κ2) is 6.62. The highest BCUT2D eigenvalue weighted by Crippen LogP contribution is 2.33. The summed E-state index contributed by atoms with van der Waals surface area (Å²) in [7, 11) is 5.07. The van der Waals surface area contributed by atoms with Gasteiger partial charge in [0, 0.05) is 18.7 Å². The molecule has 0 aliphatic carbocycles. The number of nitrogens with zero attached hydrogens (tertiary/aromatic N) is 1. The van der Waals surface area contributed by atoms with E-state index >= 15 is 0 Å². The Balaban J connectivity index is 2.15. The first-order chi connectivity index (χ1) is 11.6. The van der Waals surface area contributed by atoms with Gasteiger partial charge in [-0.05, 0) is 41.5 Å². The van der Waals surface area contributed by atoms with Crippen molar-refractivity contribution in [2.75, 3.05) is 21.3 Å². The lowest BCUT2D eigenvalue weighted by molar-refractivity contribution is -0.122. The fraction of sp³-hybridized carbons (Fsp3) is 0.150. The van der Waals surface area contributed by atoms with E-state index in [0.717, 1.165) is 33.9 Å². The van der Waals surface area contributed by atoms with Crippen molar-refractivity contribution in [2.24, 2.45) is 0 Å². The van der Waals surface area contributed by atoms with Crippen molar-refractivity contribution in [3.05, 3.63) is 77.5 Å². The number of hydrogen-bond donors (Lipinski definition) is 0. The number of likely N-dealkylation sites (N-methyl/N-ethyl adjacent to an activating group) is 1. The molecule has 1 amide bonds. The molecule has 1 aliphatic heterocycles. The van der Waals surface area contributed by atoms with E-state index in [9.17, 15) is 4.79 Å². The second-order valence-corrected chi connectivity index (χ2v) is 5.45. The maximum atomic E-state index is 11.9. The van der Waals surface area contributed by atoms with E-state index in [-0.39, 0.29) is 5.91 Å². The standard InChI is InChI=1S/C20H19NO3/c1-21-18(12-13-19(21)22)20(14-4-8-16(23-2)9-5-14)15-6-10-17(24-3)11-7-15/h4-13H,1-3H3. The summed E-state index contributed by atoms with van der Waals surface area (Å²) in [6.07, 6.45) is 3.44. The summed E-state index contributed by atoms with van der Waals surface area (Å²) in [5, 5.41) is 0. The Hall–Kier alpha value is -3.01. The molecule has 1 heterocycles. The van der Waals surface area contributed by atoms with Crippen LogP contribution in [0.3, 0.4) is 0 Å². The van der Waals surface area contributed by atoms with E-state index in [1.807, 2.05) is 54.6 Å². The fourth-order valence-corrected chi connectivity index (χ4v) is 2.72. The van der Waals surface area contributed by atoms with Crippen molar-refractivity contribution in [2.45, 2.75) is 0 Å². The first kappa shape index (κ1) is 15.9. The lowest BCUT2D eigenvalue weighted by Crippen LogP contribution is -2.19. The molecule has 122 valence electrons. The molecule has 0 bridgehead atoms. The average Bonchev–Trinajstić information content (AvgIpc) is 2.96. The van der Waals surface area contributed by atoms with Crippen molar-refractivity contribution in [1.29, 1.82) is 0 Å². The lowest BCUT2D eigenvalue weighted by atomic mass is 9.95. The number of methoxy groups -OCH3 is 2. The number of carbonyl (C=O) groups excluding carboxylic acids is 1. The molecule has 4 nitrogen and oxygen atoms in total. The molecule has 0 atom stereocenters. The summed E-state index contributed by atoms with van der Waals surface area (Å²) in [4.78, 5) is 13.6. The molecule has 0 fully saturated rings. The minimum atomic E-state index is -0.0236. The third kappa shape index (κ3) is 2.91. The highest BCUT2D eigenvalue weighted by atomic mass is 16.5. The van der Waals surface area contributed by atoms with Crippen molar-refractivity contribution in [3.63, 3.8) is 0 Å². The van der Waals surface area contributed by atoms with Gasteiger partial charge in [0.05, 0.1) is 19.9 Å². The van der Waals surface area contributed by atoms with Crippen LogP contribution in [0.15, 0.2) is 66.4 Å². The van der Waals surface area contributed by atoms with E-state index in [1.165, 1.54) is 0 Å². The highest BCUT2D eigenvalue weighted by Gasteiger charge is 2.21. The molecule has 1 aliphatic rings. The van der Waals surface area contributed by atoms with Crippen LogP contribution < -0.4 is 9.47 Å². The van der Waals surface area contributed by atoms with Gasteiger partial charge in [0.2, 0.25) is 0 Å². The summed E-state index contributed by atoms with van der Waals surface area (Å²) in [5.74, 6) is 1.57. The van der Waals surface area contributed by atoms with Gasteiger partial charge < -0.3 is 14.4 Å². The Kier molecular flexibility index (Phi) is 4.38. The van der Waals surface area contributed by atoms with E-state index in [1.54, 1.807) is 32.2 Å². The van der Waals surface area contributed by atoms with Gasteiger partial charge in [0.1, 0.15) is 11.5 Å². The van der Waals surface area contributed by atoms with Crippen LogP contribution in [0, 0.1) is 0 Å². The molecule has 4 heteroatoms. The van der Waals surface area contributed by atoms with Crippen molar-refractivity contribution >= 4 is 11.5 Å². The quantitative estimate of drug-likeness (QED) is 0.865. The van der Waals surface area contributed by atoms with Gasteiger partial charge in [0.25, 0.3) is 5.91 Å². The molecule has 0 radical (unpaired) electrons. The van der Waals surface area contributed by atoms with Crippen molar-refractivity contribution in [3.8, 4) is 11.5 Å². The minimum absolute atomic E-state index is 0.0236. The highest BCUT2D eigenvalue weighted by molar-refractivity contribution is 5.97.